The Kier molecular flexibility index (Phi) is 5.76. The zero-order valence-corrected chi connectivity index (χ0v) is 16.7. The van der Waals surface area contributed by atoms with E-state index in [1.807, 2.05) is 0 Å². The minimum absolute atomic E-state index is 0.172. The molecular weight excluding hydrogens is 423 g/mol. The van der Waals surface area contributed by atoms with Crippen LogP contribution in [-0.2, 0) is 24.1 Å². The van der Waals surface area contributed by atoms with Gasteiger partial charge in [-0.1, -0.05) is 24.3 Å². The molecule has 7 nitrogen and oxygen atoms in total. The fourth-order valence-electron chi connectivity index (χ4n) is 3.22. The van der Waals surface area contributed by atoms with E-state index in [0.717, 1.165) is 16.3 Å². The van der Waals surface area contributed by atoms with Gasteiger partial charge in [-0.05, 0) is 35.9 Å². The van der Waals surface area contributed by atoms with Gasteiger partial charge in [0.05, 0.1) is 23.9 Å². The molecule has 0 fully saturated rings. The number of para-hydroxylation sites is 1. The maximum absolute atomic E-state index is 12.7. The quantitative estimate of drug-likeness (QED) is 0.498. The average Bonchev–Trinajstić information content (AvgIpc) is 3.29. The van der Waals surface area contributed by atoms with Gasteiger partial charge < -0.3 is 5.32 Å². The van der Waals surface area contributed by atoms with Crippen LogP contribution in [0, 0.1) is 0 Å². The fourth-order valence-corrected chi connectivity index (χ4v) is 3.22. The van der Waals surface area contributed by atoms with Gasteiger partial charge in [-0.2, -0.15) is 23.4 Å². The van der Waals surface area contributed by atoms with Crippen molar-refractivity contribution in [3.63, 3.8) is 0 Å². The number of hydrogen-bond acceptors (Lipinski definition) is 4. The van der Waals surface area contributed by atoms with E-state index in [1.54, 1.807) is 53.2 Å². The molecule has 0 aliphatic heterocycles. The molecule has 0 aliphatic rings. The van der Waals surface area contributed by atoms with Crippen molar-refractivity contribution in [3.8, 4) is 5.69 Å². The monoisotopic (exact) mass is 441 g/mol. The van der Waals surface area contributed by atoms with E-state index in [2.05, 4.69) is 15.5 Å². The van der Waals surface area contributed by atoms with E-state index < -0.39 is 11.9 Å². The van der Waals surface area contributed by atoms with Gasteiger partial charge >= 0.3 is 6.18 Å². The standard InChI is InChI=1S/C22H18F3N5O2/c23-22(24,25)20-9-11-29(28-20)16-7-5-15(6-8-16)13-26-21(32)10-12-30-18-4-2-1-3-17(18)19(31)14-27-30/h1-9,11,14H,10,12-13H2,(H,26,32). The third-order valence-electron chi connectivity index (χ3n) is 4.88. The van der Waals surface area contributed by atoms with E-state index in [0.29, 0.717) is 23.1 Å². The number of carbonyl (C=O) groups is 1. The van der Waals surface area contributed by atoms with Crippen LogP contribution in [0.1, 0.15) is 17.7 Å². The number of aryl methyl sites for hydroxylation is 1. The molecule has 2 aromatic heterocycles. The largest absolute Gasteiger partial charge is 0.435 e. The number of hydrogen-bond donors (Lipinski definition) is 1. The summed E-state index contributed by atoms with van der Waals surface area (Å²) in [4.78, 5) is 24.1. The second-order valence-corrected chi connectivity index (χ2v) is 7.09. The Bertz CT molecular complexity index is 1310. The van der Waals surface area contributed by atoms with Crippen molar-refractivity contribution < 1.29 is 18.0 Å². The van der Waals surface area contributed by atoms with Crippen molar-refractivity contribution in [2.45, 2.75) is 25.7 Å². The van der Waals surface area contributed by atoms with Gasteiger partial charge in [0, 0.05) is 24.5 Å². The number of halogens is 3. The predicted octanol–water partition coefficient (Wildman–Crippen LogP) is 3.31. The molecule has 0 bridgehead atoms. The highest BCUT2D eigenvalue weighted by molar-refractivity contribution is 5.79. The third-order valence-corrected chi connectivity index (χ3v) is 4.88. The molecule has 1 N–H and O–H groups in total. The molecule has 0 atom stereocenters. The first-order chi connectivity index (χ1) is 15.3. The highest BCUT2D eigenvalue weighted by atomic mass is 19.4. The minimum Gasteiger partial charge on any atom is -0.352 e. The smallest absolute Gasteiger partial charge is 0.352 e. The van der Waals surface area contributed by atoms with Crippen LogP contribution in [0.25, 0.3) is 16.6 Å². The zero-order chi connectivity index (χ0) is 22.7. The van der Waals surface area contributed by atoms with Gasteiger partial charge in [-0.15, -0.1) is 0 Å². The SMILES string of the molecule is O=C(CCn1ncc(=O)c2ccccc21)NCc1ccc(-n2ccc(C(F)(F)F)n2)cc1. The van der Waals surface area contributed by atoms with E-state index in [4.69, 9.17) is 0 Å². The highest BCUT2D eigenvalue weighted by Crippen LogP contribution is 2.27. The molecule has 1 amide bonds. The first kappa shape index (κ1) is 21.3. The Labute approximate surface area is 180 Å². The van der Waals surface area contributed by atoms with Gasteiger partial charge in [-0.3, -0.25) is 14.3 Å². The topological polar surface area (TPSA) is 81.8 Å². The minimum atomic E-state index is -4.49. The first-order valence-electron chi connectivity index (χ1n) is 9.75. The van der Waals surface area contributed by atoms with Crippen LogP contribution in [0.2, 0.25) is 0 Å². The summed E-state index contributed by atoms with van der Waals surface area (Å²) in [5.74, 6) is -0.194. The lowest BCUT2D eigenvalue weighted by molar-refractivity contribution is -0.141. The summed E-state index contributed by atoms with van der Waals surface area (Å²) in [5, 5.41) is 11.0. The summed E-state index contributed by atoms with van der Waals surface area (Å²) in [6, 6.07) is 14.7. The molecule has 0 saturated heterocycles. The number of nitrogens with one attached hydrogen (secondary N) is 1. The van der Waals surface area contributed by atoms with Crippen molar-refractivity contribution in [2.75, 3.05) is 0 Å². The Morgan fingerprint density at radius 2 is 1.78 bits per heavy atom. The summed E-state index contributed by atoms with van der Waals surface area (Å²) in [5.41, 5.74) is 0.799. The van der Waals surface area contributed by atoms with Crippen LogP contribution in [-0.4, -0.2) is 25.5 Å². The lowest BCUT2D eigenvalue weighted by atomic mass is 10.2. The first-order valence-corrected chi connectivity index (χ1v) is 9.75. The van der Waals surface area contributed by atoms with E-state index in [9.17, 15) is 22.8 Å². The molecular formula is C22H18F3N5O2. The molecule has 2 aromatic carbocycles. The Balaban J connectivity index is 1.33. The molecule has 32 heavy (non-hydrogen) atoms. The molecule has 164 valence electrons. The summed E-state index contributed by atoms with van der Waals surface area (Å²) >= 11 is 0. The van der Waals surface area contributed by atoms with Crippen LogP contribution in [0.4, 0.5) is 13.2 Å². The second kappa shape index (κ2) is 8.66. The second-order valence-electron chi connectivity index (χ2n) is 7.09. The molecule has 2 heterocycles. The highest BCUT2D eigenvalue weighted by Gasteiger charge is 2.33. The summed E-state index contributed by atoms with van der Waals surface area (Å²) in [6.07, 6.45) is -1.84. The van der Waals surface area contributed by atoms with Gasteiger partial charge in [0.15, 0.2) is 5.69 Å². The molecule has 4 aromatic rings. The summed E-state index contributed by atoms with van der Waals surface area (Å²) in [7, 11) is 0. The van der Waals surface area contributed by atoms with Crippen LogP contribution < -0.4 is 10.7 Å². The molecule has 0 spiro atoms. The molecule has 10 heteroatoms. The Morgan fingerprint density at radius 3 is 2.50 bits per heavy atom. The number of carbonyl (C=O) groups excluding carboxylic acids is 1. The van der Waals surface area contributed by atoms with Crippen molar-refractivity contribution in [2.24, 2.45) is 0 Å². The van der Waals surface area contributed by atoms with Gasteiger partial charge in [0.2, 0.25) is 11.3 Å². The van der Waals surface area contributed by atoms with E-state index in [1.165, 1.54) is 12.4 Å². The van der Waals surface area contributed by atoms with Crippen molar-refractivity contribution in [1.82, 2.24) is 24.9 Å². The maximum Gasteiger partial charge on any atom is 0.435 e. The molecule has 0 saturated carbocycles. The molecule has 0 aliphatic carbocycles. The maximum atomic E-state index is 12.7. The summed E-state index contributed by atoms with van der Waals surface area (Å²) < 4.78 is 40.8. The number of amides is 1. The number of alkyl halides is 3. The van der Waals surface area contributed by atoms with Crippen LogP contribution in [0.5, 0.6) is 0 Å². The van der Waals surface area contributed by atoms with Crippen molar-refractivity contribution in [1.29, 1.82) is 0 Å². The lowest BCUT2D eigenvalue weighted by Crippen LogP contribution is -2.24. The van der Waals surface area contributed by atoms with E-state index in [-0.39, 0.29) is 24.3 Å². The van der Waals surface area contributed by atoms with Crippen molar-refractivity contribution in [3.05, 3.63) is 88.5 Å². The van der Waals surface area contributed by atoms with Gasteiger partial charge in [0.25, 0.3) is 0 Å². The molecule has 0 unspecified atom stereocenters. The van der Waals surface area contributed by atoms with Crippen molar-refractivity contribution >= 4 is 16.8 Å². The van der Waals surface area contributed by atoms with Crippen LogP contribution in [0.3, 0.4) is 0 Å². The predicted molar refractivity (Wildman–Crippen MR) is 111 cm³/mol. The van der Waals surface area contributed by atoms with E-state index >= 15 is 0 Å². The zero-order valence-electron chi connectivity index (χ0n) is 16.7. The number of benzene rings is 2. The lowest BCUT2D eigenvalue weighted by Gasteiger charge is -2.10. The number of rotatable bonds is 6. The summed E-state index contributed by atoms with van der Waals surface area (Å²) in [6.45, 7) is 0.580. The van der Waals surface area contributed by atoms with Crippen LogP contribution >= 0.6 is 0 Å². The fraction of sp³-hybridized carbons (Fsp3) is 0.182. The van der Waals surface area contributed by atoms with Gasteiger partial charge in [-0.25, -0.2) is 4.68 Å². The third kappa shape index (κ3) is 4.69. The van der Waals surface area contributed by atoms with Gasteiger partial charge in [0.1, 0.15) is 0 Å². The van der Waals surface area contributed by atoms with Crippen LogP contribution in [0.15, 0.2) is 71.8 Å². The normalized spacial score (nSPS) is 11.6. The molecule has 4 rings (SSSR count). The molecule has 0 radical (unpaired) electrons. The Hall–Kier alpha value is -3.95. The number of fused-ring (bicyclic) bond motifs is 1. The number of aromatic nitrogens is 4. The Morgan fingerprint density at radius 1 is 1.03 bits per heavy atom. The number of nitrogens with zero attached hydrogens (tertiary/aromatic N) is 4. The average molecular weight is 441 g/mol.